The summed E-state index contributed by atoms with van der Waals surface area (Å²) in [5.74, 6) is -1.30. The molecule has 1 heterocycles. The maximum absolute atomic E-state index is 12.6. The Morgan fingerprint density at radius 3 is 2.58 bits per heavy atom. The highest BCUT2D eigenvalue weighted by Gasteiger charge is 2.30. The monoisotopic (exact) mass is 290 g/mol. The molecule has 0 unspecified atom stereocenters. The zero-order valence-electron chi connectivity index (χ0n) is 9.15. The third kappa shape index (κ3) is 2.55. The average Bonchev–Trinajstić information content (AvgIpc) is 2.70. The largest absolute Gasteiger partial charge is 0.478 e. The minimum atomic E-state index is -4.49. The average molecular weight is 291 g/mol. The molecular weight excluding hydrogens is 285 g/mol. The third-order valence-corrected chi connectivity index (χ3v) is 2.72. The number of halogens is 4. The molecule has 0 fully saturated rings. The number of hydrogen-bond donors (Lipinski definition) is 1. The molecule has 19 heavy (non-hydrogen) atoms. The summed E-state index contributed by atoms with van der Waals surface area (Å²) in [5, 5.41) is 12.2. The zero-order chi connectivity index (χ0) is 14.2. The molecule has 2 aromatic rings. The predicted octanol–water partition coefficient (Wildman–Crippen LogP) is 3.24. The summed E-state index contributed by atoms with van der Waals surface area (Å²) in [4.78, 5) is 10.8. The van der Waals surface area contributed by atoms with Crippen LogP contribution in [0.25, 0.3) is 5.69 Å². The molecule has 0 saturated carbocycles. The molecule has 0 aliphatic carbocycles. The van der Waals surface area contributed by atoms with Crippen LogP contribution in [-0.4, -0.2) is 20.9 Å². The lowest BCUT2D eigenvalue weighted by Gasteiger charge is -2.09. The van der Waals surface area contributed by atoms with Gasteiger partial charge in [0.05, 0.1) is 17.4 Å². The number of rotatable bonds is 2. The van der Waals surface area contributed by atoms with Crippen molar-refractivity contribution in [3.05, 3.63) is 46.7 Å². The molecule has 0 aliphatic heterocycles. The van der Waals surface area contributed by atoms with Crippen molar-refractivity contribution in [2.75, 3.05) is 0 Å². The number of carbonyl (C=O) groups is 1. The molecule has 1 aromatic heterocycles. The van der Waals surface area contributed by atoms with Crippen LogP contribution in [-0.2, 0) is 6.18 Å². The van der Waals surface area contributed by atoms with E-state index < -0.39 is 17.7 Å². The summed E-state index contributed by atoms with van der Waals surface area (Å²) in [6.45, 7) is 0. The van der Waals surface area contributed by atoms with E-state index in [1.54, 1.807) is 0 Å². The molecule has 0 radical (unpaired) electrons. The molecule has 2 rings (SSSR count). The van der Waals surface area contributed by atoms with Gasteiger partial charge in [-0.1, -0.05) is 17.7 Å². The number of alkyl halides is 3. The summed E-state index contributed by atoms with van der Waals surface area (Å²) >= 11 is 5.76. The first kappa shape index (κ1) is 13.4. The van der Waals surface area contributed by atoms with Gasteiger partial charge >= 0.3 is 12.1 Å². The van der Waals surface area contributed by atoms with E-state index in [4.69, 9.17) is 16.7 Å². The lowest BCUT2D eigenvalue weighted by atomic mass is 10.2. The topological polar surface area (TPSA) is 55.1 Å². The van der Waals surface area contributed by atoms with Crippen LogP contribution in [0.5, 0.6) is 0 Å². The molecule has 0 aliphatic rings. The Hall–Kier alpha value is -2.02. The first-order valence-corrected chi connectivity index (χ1v) is 5.33. The van der Waals surface area contributed by atoms with Crippen molar-refractivity contribution in [3.63, 3.8) is 0 Å². The van der Waals surface area contributed by atoms with Gasteiger partial charge in [-0.3, -0.25) is 0 Å². The van der Waals surface area contributed by atoms with E-state index in [0.717, 1.165) is 23.0 Å². The van der Waals surface area contributed by atoms with Crippen LogP contribution in [0.15, 0.2) is 30.5 Å². The van der Waals surface area contributed by atoms with Crippen molar-refractivity contribution in [2.24, 2.45) is 0 Å². The highest BCUT2D eigenvalue weighted by Crippen LogP contribution is 2.31. The number of aromatic carboxylic acids is 1. The second kappa shape index (κ2) is 4.58. The molecule has 0 bridgehead atoms. The normalized spacial score (nSPS) is 11.6. The van der Waals surface area contributed by atoms with E-state index in [-0.39, 0.29) is 16.4 Å². The summed E-state index contributed by atoms with van der Waals surface area (Å²) in [6, 6.07) is 4.28. The highest BCUT2D eigenvalue weighted by atomic mass is 35.5. The summed E-state index contributed by atoms with van der Waals surface area (Å²) in [6.07, 6.45) is -3.52. The number of aromatic nitrogens is 2. The molecule has 1 aromatic carbocycles. The number of carboxylic acid groups (broad SMARTS) is 1. The van der Waals surface area contributed by atoms with Gasteiger partial charge < -0.3 is 5.11 Å². The van der Waals surface area contributed by atoms with Crippen LogP contribution in [0, 0.1) is 0 Å². The van der Waals surface area contributed by atoms with Gasteiger partial charge in [-0.15, -0.1) is 0 Å². The lowest BCUT2D eigenvalue weighted by molar-refractivity contribution is -0.137. The third-order valence-electron chi connectivity index (χ3n) is 2.36. The van der Waals surface area contributed by atoms with Crippen molar-refractivity contribution >= 4 is 17.6 Å². The Morgan fingerprint density at radius 1 is 1.37 bits per heavy atom. The number of nitrogens with zero attached hydrogens (tertiary/aromatic N) is 2. The highest BCUT2D eigenvalue weighted by molar-refractivity contribution is 6.32. The Bertz CT molecular complexity index is 637. The van der Waals surface area contributed by atoms with E-state index in [2.05, 4.69) is 5.10 Å². The van der Waals surface area contributed by atoms with Crippen molar-refractivity contribution in [3.8, 4) is 5.69 Å². The zero-order valence-corrected chi connectivity index (χ0v) is 9.90. The fourth-order valence-electron chi connectivity index (χ4n) is 1.47. The molecule has 0 atom stereocenters. The fraction of sp³-hybridized carbons (Fsp3) is 0.0909. The number of carboxylic acids is 1. The molecular formula is C11H6ClF3N2O2. The molecule has 100 valence electrons. The van der Waals surface area contributed by atoms with E-state index in [9.17, 15) is 18.0 Å². The van der Waals surface area contributed by atoms with Crippen LogP contribution < -0.4 is 0 Å². The quantitative estimate of drug-likeness (QED) is 0.924. The van der Waals surface area contributed by atoms with Crippen LogP contribution in [0.4, 0.5) is 13.2 Å². The molecule has 0 amide bonds. The van der Waals surface area contributed by atoms with Gasteiger partial charge in [-0.25, -0.2) is 9.48 Å². The van der Waals surface area contributed by atoms with Crippen molar-refractivity contribution in [2.45, 2.75) is 6.18 Å². The Kier molecular flexibility index (Phi) is 3.23. The van der Waals surface area contributed by atoms with Gasteiger partial charge in [0.25, 0.3) is 0 Å². The van der Waals surface area contributed by atoms with Gasteiger partial charge in [0.15, 0.2) is 0 Å². The van der Waals surface area contributed by atoms with Gasteiger partial charge in [0.1, 0.15) is 10.7 Å². The Labute approximate surface area is 110 Å². The maximum atomic E-state index is 12.6. The summed E-state index contributed by atoms with van der Waals surface area (Å²) < 4.78 is 38.6. The first-order chi connectivity index (χ1) is 8.80. The van der Waals surface area contributed by atoms with Crippen LogP contribution in [0.3, 0.4) is 0 Å². The van der Waals surface area contributed by atoms with Gasteiger partial charge in [0.2, 0.25) is 0 Å². The minimum absolute atomic E-state index is 0.0346. The first-order valence-electron chi connectivity index (χ1n) is 4.95. The summed E-state index contributed by atoms with van der Waals surface area (Å²) in [5.41, 5.74) is -1.11. The van der Waals surface area contributed by atoms with Gasteiger partial charge in [0, 0.05) is 0 Å². The smallest absolute Gasteiger partial charge is 0.416 e. The standard InChI is InChI=1S/C11H6ClF3N2O2/c12-9-8(10(18)19)5-16-17(9)7-3-1-2-6(4-7)11(13,14)15/h1-5H,(H,18,19). The number of hydrogen-bond acceptors (Lipinski definition) is 2. The second-order valence-electron chi connectivity index (χ2n) is 3.61. The van der Waals surface area contributed by atoms with Crippen molar-refractivity contribution in [1.82, 2.24) is 9.78 Å². The second-order valence-corrected chi connectivity index (χ2v) is 3.97. The van der Waals surface area contributed by atoms with Crippen LogP contribution in [0.1, 0.15) is 15.9 Å². The van der Waals surface area contributed by atoms with Gasteiger partial charge in [-0.05, 0) is 18.2 Å². The minimum Gasteiger partial charge on any atom is -0.478 e. The van der Waals surface area contributed by atoms with E-state index in [0.29, 0.717) is 0 Å². The summed E-state index contributed by atoms with van der Waals surface area (Å²) in [7, 11) is 0. The fourth-order valence-corrected chi connectivity index (χ4v) is 1.74. The lowest BCUT2D eigenvalue weighted by Crippen LogP contribution is -2.06. The van der Waals surface area contributed by atoms with Crippen molar-refractivity contribution in [1.29, 1.82) is 0 Å². The predicted molar refractivity (Wildman–Crippen MR) is 60.5 cm³/mol. The molecule has 0 saturated heterocycles. The Morgan fingerprint density at radius 2 is 2.05 bits per heavy atom. The van der Waals surface area contributed by atoms with E-state index in [1.165, 1.54) is 12.1 Å². The van der Waals surface area contributed by atoms with E-state index >= 15 is 0 Å². The van der Waals surface area contributed by atoms with E-state index in [1.807, 2.05) is 0 Å². The number of benzene rings is 1. The SMILES string of the molecule is O=C(O)c1cnn(-c2cccc(C(F)(F)F)c2)c1Cl. The molecule has 4 nitrogen and oxygen atoms in total. The van der Waals surface area contributed by atoms with Crippen molar-refractivity contribution < 1.29 is 23.1 Å². The molecule has 0 spiro atoms. The Balaban J connectivity index is 2.51. The molecule has 8 heteroatoms. The van der Waals surface area contributed by atoms with Gasteiger partial charge in [-0.2, -0.15) is 18.3 Å². The van der Waals surface area contributed by atoms with Crippen LogP contribution in [0.2, 0.25) is 5.15 Å². The molecule has 1 N–H and O–H groups in total. The van der Waals surface area contributed by atoms with Crippen LogP contribution >= 0.6 is 11.6 Å². The maximum Gasteiger partial charge on any atom is 0.416 e.